The Hall–Kier alpha value is -0.840. The van der Waals surface area contributed by atoms with Gasteiger partial charge in [0.05, 0.1) is 15.9 Å². The molecule has 1 N–H and O–H groups in total. The summed E-state index contributed by atoms with van der Waals surface area (Å²) in [7, 11) is 0. The number of nitrogens with one attached hydrogen (secondary N) is 1. The standard InChI is InChI=1S/C17H24BrN3O/c1-9-16(18)10(2)21(20-9)8-15(22)19-17-13-4-11-3-12(6-13)7-14(17)5-11/h11-14,17H,3-8H2,1-2H3,(H,19,22). The van der Waals surface area contributed by atoms with Crippen molar-refractivity contribution in [1.29, 1.82) is 0 Å². The van der Waals surface area contributed by atoms with E-state index < -0.39 is 0 Å². The smallest absolute Gasteiger partial charge is 0.241 e. The highest BCUT2D eigenvalue weighted by molar-refractivity contribution is 9.10. The van der Waals surface area contributed by atoms with Crippen molar-refractivity contribution in [2.24, 2.45) is 23.7 Å². The maximum Gasteiger partial charge on any atom is 0.241 e. The molecule has 4 fully saturated rings. The molecule has 4 aliphatic carbocycles. The maximum absolute atomic E-state index is 12.5. The topological polar surface area (TPSA) is 46.9 Å². The minimum atomic E-state index is 0.121. The molecular formula is C17H24BrN3O. The minimum Gasteiger partial charge on any atom is -0.351 e. The first-order chi connectivity index (χ1) is 10.5. The van der Waals surface area contributed by atoms with Crippen LogP contribution in [0.5, 0.6) is 0 Å². The van der Waals surface area contributed by atoms with Crippen LogP contribution >= 0.6 is 15.9 Å². The molecule has 4 aliphatic rings. The zero-order valence-electron chi connectivity index (χ0n) is 13.3. The van der Waals surface area contributed by atoms with E-state index in [1.165, 1.54) is 32.1 Å². The predicted molar refractivity (Wildman–Crippen MR) is 88.4 cm³/mol. The van der Waals surface area contributed by atoms with Gasteiger partial charge in [0.1, 0.15) is 6.54 Å². The number of rotatable bonds is 3. The van der Waals surface area contributed by atoms with Gasteiger partial charge in [-0.2, -0.15) is 5.10 Å². The molecule has 4 nitrogen and oxygen atoms in total. The normalized spacial score (nSPS) is 35.9. The van der Waals surface area contributed by atoms with E-state index in [0.29, 0.717) is 12.6 Å². The first-order valence-corrected chi connectivity index (χ1v) is 9.29. The highest BCUT2D eigenvalue weighted by Gasteiger charge is 2.48. The molecule has 22 heavy (non-hydrogen) atoms. The molecule has 1 aromatic heterocycles. The van der Waals surface area contributed by atoms with Crippen molar-refractivity contribution >= 4 is 21.8 Å². The molecule has 5 rings (SSSR count). The summed E-state index contributed by atoms with van der Waals surface area (Å²) in [5.74, 6) is 3.47. The van der Waals surface area contributed by atoms with Crippen molar-refractivity contribution < 1.29 is 4.79 Å². The SMILES string of the molecule is Cc1nn(CC(=O)NC2C3CC4CC(C3)CC2C4)c(C)c1Br. The lowest BCUT2D eigenvalue weighted by Crippen LogP contribution is -2.56. The average molecular weight is 366 g/mol. The van der Waals surface area contributed by atoms with Crippen LogP contribution in [-0.2, 0) is 11.3 Å². The predicted octanol–water partition coefficient (Wildman–Crippen LogP) is 3.20. The quantitative estimate of drug-likeness (QED) is 0.893. The lowest BCUT2D eigenvalue weighted by atomic mass is 9.54. The van der Waals surface area contributed by atoms with Gasteiger partial charge in [0, 0.05) is 6.04 Å². The number of carbonyl (C=O) groups is 1. The van der Waals surface area contributed by atoms with Gasteiger partial charge in [0.2, 0.25) is 5.91 Å². The van der Waals surface area contributed by atoms with E-state index in [2.05, 4.69) is 26.3 Å². The fourth-order valence-corrected chi connectivity index (χ4v) is 5.64. The van der Waals surface area contributed by atoms with Crippen LogP contribution in [0.1, 0.15) is 43.5 Å². The Morgan fingerprint density at radius 2 is 1.77 bits per heavy atom. The molecule has 0 aliphatic heterocycles. The summed E-state index contributed by atoms with van der Waals surface area (Å²) in [6.45, 7) is 4.30. The molecule has 0 unspecified atom stereocenters. The number of hydrogen-bond donors (Lipinski definition) is 1. The van der Waals surface area contributed by atoms with Crippen LogP contribution < -0.4 is 5.32 Å². The Labute approximate surface area is 140 Å². The summed E-state index contributed by atoms with van der Waals surface area (Å²) >= 11 is 3.52. The maximum atomic E-state index is 12.5. The fraction of sp³-hybridized carbons (Fsp3) is 0.765. The van der Waals surface area contributed by atoms with E-state index in [1.807, 2.05) is 18.5 Å². The largest absolute Gasteiger partial charge is 0.351 e. The molecule has 1 amide bonds. The molecule has 0 saturated heterocycles. The third kappa shape index (κ3) is 2.41. The van der Waals surface area contributed by atoms with Crippen molar-refractivity contribution in [2.75, 3.05) is 0 Å². The van der Waals surface area contributed by atoms with Crippen LogP contribution in [0.15, 0.2) is 4.47 Å². The lowest BCUT2D eigenvalue weighted by Gasteiger charge is -2.54. The summed E-state index contributed by atoms with van der Waals surface area (Å²) < 4.78 is 2.82. The van der Waals surface area contributed by atoms with E-state index in [-0.39, 0.29) is 5.91 Å². The first kappa shape index (κ1) is 14.7. The van der Waals surface area contributed by atoms with Gasteiger partial charge in [-0.15, -0.1) is 0 Å². The van der Waals surface area contributed by atoms with Gasteiger partial charge in [-0.05, 0) is 85.6 Å². The molecule has 4 saturated carbocycles. The summed E-state index contributed by atoms with van der Waals surface area (Å²) in [4.78, 5) is 12.5. The fourth-order valence-electron chi connectivity index (χ4n) is 5.36. The third-order valence-electron chi connectivity index (χ3n) is 6.14. The number of hydrogen-bond acceptors (Lipinski definition) is 2. The van der Waals surface area contributed by atoms with Crippen molar-refractivity contribution in [3.8, 4) is 0 Å². The Kier molecular flexibility index (Phi) is 3.59. The van der Waals surface area contributed by atoms with Gasteiger partial charge in [-0.3, -0.25) is 9.48 Å². The van der Waals surface area contributed by atoms with E-state index >= 15 is 0 Å². The summed E-state index contributed by atoms with van der Waals surface area (Å²) in [6.07, 6.45) is 6.80. The van der Waals surface area contributed by atoms with Crippen LogP contribution in [0.25, 0.3) is 0 Å². The number of amides is 1. The Balaban J connectivity index is 1.43. The molecular weight excluding hydrogens is 342 g/mol. The van der Waals surface area contributed by atoms with Crippen LogP contribution in [0.3, 0.4) is 0 Å². The van der Waals surface area contributed by atoms with Gasteiger partial charge in [-0.25, -0.2) is 0 Å². The molecule has 0 spiro atoms. The summed E-state index contributed by atoms with van der Waals surface area (Å²) in [6, 6.07) is 0.417. The lowest BCUT2D eigenvalue weighted by molar-refractivity contribution is -0.125. The first-order valence-electron chi connectivity index (χ1n) is 8.50. The van der Waals surface area contributed by atoms with E-state index in [4.69, 9.17) is 0 Å². The monoisotopic (exact) mass is 365 g/mol. The molecule has 4 bridgehead atoms. The van der Waals surface area contributed by atoms with E-state index in [0.717, 1.165) is 39.5 Å². The second kappa shape index (κ2) is 5.36. The molecule has 0 aromatic carbocycles. The summed E-state index contributed by atoms with van der Waals surface area (Å²) in [5.41, 5.74) is 1.97. The van der Waals surface area contributed by atoms with Gasteiger partial charge < -0.3 is 5.32 Å². The minimum absolute atomic E-state index is 0.121. The molecule has 1 aromatic rings. The van der Waals surface area contributed by atoms with Crippen molar-refractivity contribution in [2.45, 2.75) is 58.5 Å². The number of nitrogens with zero attached hydrogens (tertiary/aromatic N) is 2. The van der Waals surface area contributed by atoms with Crippen LogP contribution in [-0.4, -0.2) is 21.7 Å². The molecule has 5 heteroatoms. The average Bonchev–Trinajstić information content (AvgIpc) is 2.69. The number of halogens is 1. The second-order valence-electron chi connectivity index (χ2n) is 7.67. The van der Waals surface area contributed by atoms with Crippen LogP contribution in [0.4, 0.5) is 0 Å². The van der Waals surface area contributed by atoms with Gasteiger partial charge in [-0.1, -0.05) is 0 Å². The zero-order chi connectivity index (χ0) is 15.4. The third-order valence-corrected chi connectivity index (χ3v) is 7.29. The van der Waals surface area contributed by atoms with Crippen LogP contribution in [0.2, 0.25) is 0 Å². The van der Waals surface area contributed by atoms with E-state index in [1.54, 1.807) is 0 Å². The Morgan fingerprint density at radius 1 is 1.18 bits per heavy atom. The van der Waals surface area contributed by atoms with Gasteiger partial charge in [0.25, 0.3) is 0 Å². The number of aromatic nitrogens is 2. The van der Waals surface area contributed by atoms with Crippen molar-refractivity contribution in [1.82, 2.24) is 15.1 Å². The molecule has 1 heterocycles. The molecule has 120 valence electrons. The highest BCUT2D eigenvalue weighted by Crippen LogP contribution is 2.53. The van der Waals surface area contributed by atoms with Crippen LogP contribution in [0, 0.1) is 37.5 Å². The second-order valence-corrected chi connectivity index (χ2v) is 8.46. The van der Waals surface area contributed by atoms with Gasteiger partial charge in [0.15, 0.2) is 0 Å². The highest BCUT2D eigenvalue weighted by atomic mass is 79.9. The molecule has 0 radical (unpaired) electrons. The Morgan fingerprint density at radius 3 is 2.27 bits per heavy atom. The Bertz CT molecular complexity index is 581. The van der Waals surface area contributed by atoms with Gasteiger partial charge >= 0.3 is 0 Å². The number of aryl methyl sites for hydroxylation is 1. The molecule has 0 atom stereocenters. The van der Waals surface area contributed by atoms with Crippen molar-refractivity contribution in [3.63, 3.8) is 0 Å². The zero-order valence-corrected chi connectivity index (χ0v) is 14.9. The van der Waals surface area contributed by atoms with E-state index in [9.17, 15) is 4.79 Å². The number of carbonyl (C=O) groups excluding carboxylic acids is 1. The van der Waals surface area contributed by atoms with Crippen molar-refractivity contribution in [3.05, 3.63) is 15.9 Å². The summed E-state index contributed by atoms with van der Waals surface area (Å²) in [5, 5.41) is 7.79.